The van der Waals surface area contributed by atoms with Gasteiger partial charge in [-0.2, -0.15) is 0 Å². The van der Waals surface area contributed by atoms with E-state index in [1.807, 2.05) is 0 Å². The second-order valence-corrected chi connectivity index (χ2v) is 6.36. The highest BCUT2D eigenvalue weighted by atomic mass is 14.3. The fourth-order valence-corrected chi connectivity index (χ4v) is 3.42. The molecule has 0 aromatic heterocycles. The standard InChI is InChI=1S/C18H26B/c1-9-10(2)14(6)17(13(9)5)19-18-15(7)11(3)12(4)16(18)8/h13,15H,1-8H3. The lowest BCUT2D eigenvalue weighted by Gasteiger charge is -2.17. The van der Waals surface area contributed by atoms with Crippen molar-refractivity contribution in [1.82, 2.24) is 0 Å². The molecule has 0 nitrogen and oxygen atoms in total. The van der Waals surface area contributed by atoms with Gasteiger partial charge in [0.1, 0.15) is 0 Å². The number of allylic oxidation sites excluding steroid dienone is 8. The van der Waals surface area contributed by atoms with Crippen molar-refractivity contribution in [3.8, 4) is 0 Å². The zero-order chi connectivity index (χ0) is 14.5. The zero-order valence-electron chi connectivity index (χ0n) is 13.7. The van der Waals surface area contributed by atoms with E-state index in [1.54, 1.807) is 0 Å². The molecule has 2 aliphatic rings. The third kappa shape index (κ3) is 2.08. The highest BCUT2D eigenvalue weighted by molar-refractivity contribution is 6.55. The van der Waals surface area contributed by atoms with E-state index in [-0.39, 0.29) is 0 Å². The first-order valence-electron chi connectivity index (χ1n) is 7.39. The van der Waals surface area contributed by atoms with Crippen molar-refractivity contribution < 1.29 is 0 Å². The van der Waals surface area contributed by atoms with E-state index < -0.39 is 0 Å². The molecule has 19 heavy (non-hydrogen) atoms. The number of hydrogen-bond donors (Lipinski definition) is 0. The summed E-state index contributed by atoms with van der Waals surface area (Å²) in [6.45, 7) is 18.3. The van der Waals surface area contributed by atoms with Gasteiger partial charge in [0.05, 0.1) is 0 Å². The van der Waals surface area contributed by atoms with Crippen LogP contribution in [0, 0.1) is 11.8 Å². The third-order valence-corrected chi connectivity index (χ3v) is 5.72. The lowest BCUT2D eigenvalue weighted by atomic mass is 9.55. The van der Waals surface area contributed by atoms with E-state index in [0.717, 1.165) is 0 Å². The van der Waals surface area contributed by atoms with Crippen LogP contribution in [0.3, 0.4) is 0 Å². The van der Waals surface area contributed by atoms with Crippen LogP contribution in [0.1, 0.15) is 55.4 Å². The summed E-state index contributed by atoms with van der Waals surface area (Å²) in [6, 6.07) is 0. The fraction of sp³-hybridized carbons (Fsp3) is 0.556. The molecule has 0 N–H and O–H groups in total. The van der Waals surface area contributed by atoms with Gasteiger partial charge in [-0.15, -0.1) is 0 Å². The molecule has 0 amide bonds. The lowest BCUT2D eigenvalue weighted by molar-refractivity contribution is 0.837. The third-order valence-electron chi connectivity index (χ3n) is 5.72. The Morgan fingerprint density at radius 2 is 0.895 bits per heavy atom. The molecular weight excluding hydrogens is 227 g/mol. The van der Waals surface area contributed by atoms with Crippen LogP contribution in [0.15, 0.2) is 44.4 Å². The van der Waals surface area contributed by atoms with Gasteiger partial charge in [0.25, 0.3) is 0 Å². The van der Waals surface area contributed by atoms with Gasteiger partial charge < -0.3 is 0 Å². The van der Waals surface area contributed by atoms with Crippen molar-refractivity contribution in [2.24, 2.45) is 11.8 Å². The van der Waals surface area contributed by atoms with Crippen molar-refractivity contribution in [3.63, 3.8) is 0 Å². The Labute approximate surface area is 119 Å². The first-order chi connectivity index (χ1) is 8.77. The molecule has 0 aromatic rings. The van der Waals surface area contributed by atoms with E-state index >= 15 is 0 Å². The minimum Gasteiger partial charge on any atom is -0.0931 e. The summed E-state index contributed by atoms with van der Waals surface area (Å²) in [5.74, 6) is 1.16. The van der Waals surface area contributed by atoms with E-state index in [4.69, 9.17) is 0 Å². The second-order valence-electron chi connectivity index (χ2n) is 6.36. The molecule has 2 atom stereocenters. The van der Waals surface area contributed by atoms with E-state index in [9.17, 15) is 0 Å². The van der Waals surface area contributed by atoms with Crippen LogP contribution < -0.4 is 0 Å². The van der Waals surface area contributed by atoms with Gasteiger partial charge in [0.15, 0.2) is 7.28 Å². The summed E-state index contributed by atoms with van der Waals surface area (Å²) in [4.78, 5) is 0. The quantitative estimate of drug-likeness (QED) is 0.592. The predicted molar refractivity (Wildman–Crippen MR) is 86.2 cm³/mol. The molecule has 2 rings (SSSR count). The molecular formula is C18H26B. The van der Waals surface area contributed by atoms with E-state index in [0.29, 0.717) is 11.8 Å². The molecule has 1 heteroatoms. The Hall–Kier alpha value is -0.975. The zero-order valence-corrected chi connectivity index (χ0v) is 13.7. The fourth-order valence-electron chi connectivity index (χ4n) is 3.42. The van der Waals surface area contributed by atoms with Gasteiger partial charge in [0.2, 0.25) is 0 Å². The second kappa shape index (κ2) is 4.85. The Balaban J connectivity index is 2.32. The van der Waals surface area contributed by atoms with Crippen LogP contribution in [0.2, 0.25) is 0 Å². The van der Waals surface area contributed by atoms with Crippen molar-refractivity contribution in [1.29, 1.82) is 0 Å². The molecule has 2 unspecified atom stereocenters. The van der Waals surface area contributed by atoms with Crippen molar-refractivity contribution in [2.75, 3.05) is 0 Å². The molecule has 0 aromatic carbocycles. The monoisotopic (exact) mass is 253 g/mol. The van der Waals surface area contributed by atoms with E-state index in [1.165, 1.54) is 44.4 Å². The Morgan fingerprint density at radius 1 is 0.579 bits per heavy atom. The van der Waals surface area contributed by atoms with Gasteiger partial charge in [-0.25, -0.2) is 0 Å². The topological polar surface area (TPSA) is 0 Å². The van der Waals surface area contributed by atoms with Gasteiger partial charge >= 0.3 is 0 Å². The normalized spacial score (nSPS) is 28.2. The SMILES string of the molecule is CC1=C(C)C(C)C([B]C2=C(C)C(C)=C(C)C2C)=C1C. The molecule has 0 spiro atoms. The summed E-state index contributed by atoms with van der Waals surface area (Å²) in [6.07, 6.45) is 0. The maximum absolute atomic E-state index is 2.47. The van der Waals surface area contributed by atoms with Crippen molar-refractivity contribution in [2.45, 2.75) is 55.4 Å². The van der Waals surface area contributed by atoms with Crippen LogP contribution in [0.4, 0.5) is 0 Å². The Morgan fingerprint density at radius 3 is 1.11 bits per heavy atom. The molecule has 0 saturated heterocycles. The molecule has 0 bridgehead atoms. The van der Waals surface area contributed by atoms with Crippen LogP contribution in [0.5, 0.6) is 0 Å². The Bertz CT molecular complexity index is 502. The van der Waals surface area contributed by atoms with Crippen molar-refractivity contribution in [3.05, 3.63) is 44.4 Å². The summed E-state index contributed by atoms with van der Waals surface area (Å²) >= 11 is 0. The molecule has 2 aliphatic carbocycles. The van der Waals surface area contributed by atoms with Crippen LogP contribution in [-0.4, -0.2) is 7.28 Å². The smallest absolute Gasteiger partial charge is 0.0931 e. The summed E-state index contributed by atoms with van der Waals surface area (Å²) in [5, 5.41) is 0. The molecule has 101 valence electrons. The Kier molecular flexibility index (Phi) is 3.68. The molecule has 0 heterocycles. The lowest BCUT2D eigenvalue weighted by Crippen LogP contribution is -2.13. The minimum atomic E-state index is 0.578. The van der Waals surface area contributed by atoms with Gasteiger partial charge in [-0.05, 0) is 64.5 Å². The van der Waals surface area contributed by atoms with Gasteiger partial charge in [-0.1, -0.05) is 47.1 Å². The van der Waals surface area contributed by atoms with Crippen molar-refractivity contribution >= 4 is 7.28 Å². The molecule has 1 radical (unpaired) electrons. The predicted octanol–water partition coefficient (Wildman–Crippen LogP) is 5.21. The molecule has 0 saturated carbocycles. The summed E-state index contributed by atoms with van der Waals surface area (Å²) in [5.41, 5.74) is 12.1. The highest BCUT2D eigenvalue weighted by Crippen LogP contribution is 2.41. The van der Waals surface area contributed by atoms with E-state index in [2.05, 4.69) is 62.7 Å². The van der Waals surface area contributed by atoms with Crippen LogP contribution >= 0.6 is 0 Å². The highest BCUT2D eigenvalue weighted by Gasteiger charge is 2.29. The maximum atomic E-state index is 2.47. The number of hydrogen-bond acceptors (Lipinski definition) is 0. The first-order valence-corrected chi connectivity index (χ1v) is 7.39. The molecule has 0 aliphatic heterocycles. The maximum Gasteiger partial charge on any atom is 0.182 e. The number of rotatable bonds is 2. The minimum absolute atomic E-state index is 0.578. The summed E-state index contributed by atoms with van der Waals surface area (Å²) in [7, 11) is 2.47. The van der Waals surface area contributed by atoms with Crippen LogP contribution in [-0.2, 0) is 0 Å². The molecule has 0 fully saturated rings. The first kappa shape index (κ1) is 14.4. The summed E-state index contributed by atoms with van der Waals surface area (Å²) < 4.78 is 0. The van der Waals surface area contributed by atoms with Gasteiger partial charge in [0, 0.05) is 0 Å². The van der Waals surface area contributed by atoms with Crippen LogP contribution in [0.25, 0.3) is 0 Å². The largest absolute Gasteiger partial charge is 0.182 e. The average Bonchev–Trinajstić information content (AvgIpc) is 2.68. The van der Waals surface area contributed by atoms with Gasteiger partial charge in [-0.3, -0.25) is 0 Å². The average molecular weight is 253 g/mol.